The van der Waals surface area contributed by atoms with Crippen LogP contribution in [0.25, 0.3) is 0 Å². The molecule has 1 aliphatic heterocycles. The quantitative estimate of drug-likeness (QED) is 0.395. The highest BCUT2D eigenvalue weighted by atomic mass is 32.2. The Kier molecular flexibility index (Phi) is 11.1. The normalized spacial score (nSPS) is 13.5. The molecule has 1 saturated heterocycles. The Morgan fingerprint density at radius 1 is 1.10 bits per heavy atom. The first-order valence-electron chi connectivity index (χ1n) is 11.8. The fraction of sp³-hybridized carbons (Fsp3) is 0.308. The van der Waals surface area contributed by atoms with Gasteiger partial charge >= 0.3 is 12.1 Å². The number of benzene rings is 2. The Morgan fingerprint density at radius 3 is 2.18 bits per heavy atom. The maximum atomic E-state index is 13.2. The molecule has 13 heteroatoms. The molecule has 0 spiro atoms. The van der Waals surface area contributed by atoms with Crippen molar-refractivity contribution in [3.8, 4) is 0 Å². The summed E-state index contributed by atoms with van der Waals surface area (Å²) in [5.74, 6) is -2.97. The second kappa shape index (κ2) is 13.8. The number of carbonyl (C=O) groups is 2. The van der Waals surface area contributed by atoms with Gasteiger partial charge in [0.1, 0.15) is 0 Å². The highest BCUT2D eigenvalue weighted by Crippen LogP contribution is 2.31. The highest BCUT2D eigenvalue weighted by Gasteiger charge is 2.38. The summed E-state index contributed by atoms with van der Waals surface area (Å²) in [6.07, 6.45) is -1.78. The number of amides is 1. The van der Waals surface area contributed by atoms with E-state index in [1.54, 1.807) is 60.4 Å². The third-order valence-electron chi connectivity index (χ3n) is 5.56. The van der Waals surface area contributed by atoms with Crippen LogP contribution in [0.4, 0.5) is 24.5 Å². The van der Waals surface area contributed by atoms with Crippen LogP contribution < -0.4 is 14.9 Å². The number of anilines is 2. The van der Waals surface area contributed by atoms with Gasteiger partial charge in [-0.3, -0.25) is 9.52 Å². The number of carboxylic acids is 1. The fourth-order valence-corrected chi connectivity index (χ4v) is 5.04. The molecular formula is C26H31F3N4O5S. The molecule has 0 radical (unpaired) electrons. The highest BCUT2D eigenvalue weighted by molar-refractivity contribution is 7.92. The van der Waals surface area contributed by atoms with Crippen LogP contribution in [-0.4, -0.2) is 75.7 Å². The number of piperazine rings is 1. The second-order valence-electron chi connectivity index (χ2n) is 8.43. The SMILES string of the molecule is C=CCN(CC=C)C(=O)c1ccc(N2CCNCC2)c(NS(=O)(=O)c2ccccc2C)c1.O=C(O)C(F)(F)F. The summed E-state index contributed by atoms with van der Waals surface area (Å²) in [6.45, 7) is 13.0. The molecule has 39 heavy (non-hydrogen) atoms. The molecular weight excluding hydrogens is 537 g/mol. The molecule has 0 saturated carbocycles. The smallest absolute Gasteiger partial charge is 0.475 e. The number of aliphatic carboxylic acids is 1. The van der Waals surface area contributed by atoms with E-state index in [0.29, 0.717) is 29.9 Å². The number of sulfonamides is 1. The average molecular weight is 569 g/mol. The third-order valence-corrected chi connectivity index (χ3v) is 7.08. The van der Waals surface area contributed by atoms with Crippen molar-refractivity contribution in [2.24, 2.45) is 0 Å². The van der Waals surface area contributed by atoms with Crippen LogP contribution in [0, 0.1) is 6.92 Å². The van der Waals surface area contributed by atoms with Crippen LogP contribution in [-0.2, 0) is 14.8 Å². The van der Waals surface area contributed by atoms with Crippen molar-refractivity contribution in [3.05, 3.63) is 78.9 Å². The summed E-state index contributed by atoms with van der Waals surface area (Å²) in [5, 5.41) is 10.4. The molecule has 3 rings (SSSR count). The predicted molar refractivity (Wildman–Crippen MR) is 144 cm³/mol. The van der Waals surface area contributed by atoms with E-state index in [-0.39, 0.29) is 10.8 Å². The minimum absolute atomic E-state index is 0.211. The number of hydrogen-bond donors (Lipinski definition) is 3. The Labute approximate surface area is 225 Å². The molecule has 0 aromatic heterocycles. The largest absolute Gasteiger partial charge is 0.490 e. The van der Waals surface area contributed by atoms with E-state index in [1.807, 2.05) is 6.07 Å². The maximum Gasteiger partial charge on any atom is 0.490 e. The van der Waals surface area contributed by atoms with Gasteiger partial charge in [-0.05, 0) is 36.8 Å². The van der Waals surface area contributed by atoms with Crippen molar-refractivity contribution in [1.29, 1.82) is 0 Å². The van der Waals surface area contributed by atoms with Crippen molar-refractivity contribution in [3.63, 3.8) is 0 Å². The number of carboxylic acid groups (broad SMARTS) is 1. The summed E-state index contributed by atoms with van der Waals surface area (Å²) >= 11 is 0. The lowest BCUT2D eigenvalue weighted by atomic mass is 10.1. The molecule has 1 amide bonds. The zero-order chi connectivity index (χ0) is 29.2. The number of alkyl halides is 3. The van der Waals surface area contributed by atoms with Crippen molar-refractivity contribution in [1.82, 2.24) is 10.2 Å². The number of rotatable bonds is 9. The molecule has 0 bridgehead atoms. The van der Waals surface area contributed by atoms with Crippen LogP contribution >= 0.6 is 0 Å². The Morgan fingerprint density at radius 2 is 1.67 bits per heavy atom. The van der Waals surface area contributed by atoms with Crippen molar-refractivity contribution >= 4 is 33.3 Å². The third kappa shape index (κ3) is 8.86. The first-order chi connectivity index (χ1) is 18.3. The van der Waals surface area contributed by atoms with Gasteiger partial charge in [0.15, 0.2) is 0 Å². The molecule has 0 aliphatic carbocycles. The molecule has 1 fully saturated rings. The van der Waals surface area contributed by atoms with E-state index < -0.39 is 22.2 Å². The molecule has 2 aromatic carbocycles. The van der Waals surface area contributed by atoms with Gasteiger partial charge in [-0.1, -0.05) is 30.4 Å². The Hall–Kier alpha value is -3.84. The lowest BCUT2D eigenvalue weighted by Gasteiger charge is -2.31. The maximum absolute atomic E-state index is 13.2. The predicted octanol–water partition coefficient (Wildman–Crippen LogP) is 3.65. The monoisotopic (exact) mass is 568 g/mol. The molecule has 212 valence electrons. The number of aryl methyl sites for hydroxylation is 1. The van der Waals surface area contributed by atoms with Gasteiger partial charge in [0.25, 0.3) is 15.9 Å². The van der Waals surface area contributed by atoms with Crippen molar-refractivity contribution < 1.29 is 36.3 Å². The minimum atomic E-state index is -5.08. The van der Waals surface area contributed by atoms with E-state index in [2.05, 4.69) is 28.1 Å². The van der Waals surface area contributed by atoms with E-state index >= 15 is 0 Å². The standard InChI is InChI=1S/C24H30N4O3S.C2HF3O2/c1-4-14-28(15-5-2)24(29)20-10-11-22(27-16-12-25-13-17-27)21(18-20)26-32(30,31)23-9-7-6-8-19(23)3;3-2(4,5)1(6)7/h4-11,18,25-26H,1-2,12-17H2,3H3;(H,6,7). The van der Waals surface area contributed by atoms with E-state index in [9.17, 15) is 26.4 Å². The first kappa shape index (κ1) is 31.4. The zero-order valence-corrected chi connectivity index (χ0v) is 22.2. The molecule has 2 aromatic rings. The summed E-state index contributed by atoms with van der Waals surface area (Å²) < 4.78 is 60.9. The molecule has 0 unspecified atom stereocenters. The molecule has 1 aliphatic rings. The average Bonchev–Trinajstić information content (AvgIpc) is 2.88. The molecule has 1 heterocycles. The van der Waals surface area contributed by atoms with E-state index in [4.69, 9.17) is 9.90 Å². The van der Waals surface area contributed by atoms with Crippen LogP contribution in [0.5, 0.6) is 0 Å². The van der Waals surface area contributed by atoms with Gasteiger partial charge < -0.3 is 20.2 Å². The summed E-state index contributed by atoms with van der Waals surface area (Å²) in [5.41, 5.74) is 2.19. The fourth-order valence-electron chi connectivity index (χ4n) is 3.72. The molecule has 3 N–H and O–H groups in total. The number of hydrogen-bond acceptors (Lipinski definition) is 6. The lowest BCUT2D eigenvalue weighted by Crippen LogP contribution is -2.43. The van der Waals surface area contributed by atoms with Crippen molar-refractivity contribution in [2.45, 2.75) is 18.0 Å². The van der Waals surface area contributed by atoms with Gasteiger partial charge in [0, 0.05) is 44.8 Å². The van der Waals surface area contributed by atoms with Crippen LogP contribution in [0.2, 0.25) is 0 Å². The van der Waals surface area contributed by atoms with Crippen molar-refractivity contribution in [2.75, 3.05) is 48.9 Å². The van der Waals surface area contributed by atoms with E-state index in [1.165, 1.54) is 0 Å². The summed E-state index contributed by atoms with van der Waals surface area (Å²) in [7, 11) is -3.84. The lowest BCUT2D eigenvalue weighted by molar-refractivity contribution is -0.192. The Balaban J connectivity index is 0.000000673. The number of nitrogens with one attached hydrogen (secondary N) is 2. The van der Waals surface area contributed by atoms with Crippen LogP contribution in [0.15, 0.2) is 72.7 Å². The number of carbonyl (C=O) groups excluding carboxylic acids is 1. The molecule has 9 nitrogen and oxygen atoms in total. The van der Waals surface area contributed by atoms with Gasteiger partial charge in [-0.25, -0.2) is 13.2 Å². The van der Waals surface area contributed by atoms with Gasteiger partial charge in [0.2, 0.25) is 0 Å². The van der Waals surface area contributed by atoms with Gasteiger partial charge in [0.05, 0.1) is 16.3 Å². The zero-order valence-electron chi connectivity index (χ0n) is 21.4. The van der Waals surface area contributed by atoms with Crippen LogP contribution in [0.3, 0.4) is 0 Å². The van der Waals surface area contributed by atoms with Gasteiger partial charge in [-0.15, -0.1) is 13.2 Å². The Bertz CT molecular complexity index is 1280. The summed E-state index contributed by atoms with van der Waals surface area (Å²) in [4.78, 5) is 25.9. The molecule has 0 atom stereocenters. The summed E-state index contributed by atoms with van der Waals surface area (Å²) in [6, 6.07) is 12.0. The van der Waals surface area contributed by atoms with Gasteiger partial charge in [-0.2, -0.15) is 13.2 Å². The number of nitrogens with zero attached hydrogens (tertiary/aromatic N) is 2. The number of halogens is 3. The van der Waals surface area contributed by atoms with Crippen LogP contribution in [0.1, 0.15) is 15.9 Å². The minimum Gasteiger partial charge on any atom is -0.475 e. The first-order valence-corrected chi connectivity index (χ1v) is 13.3. The second-order valence-corrected chi connectivity index (χ2v) is 10.1. The van der Waals surface area contributed by atoms with E-state index in [0.717, 1.165) is 31.9 Å². The topological polar surface area (TPSA) is 119 Å².